The highest BCUT2D eigenvalue weighted by molar-refractivity contribution is 5.93. The normalized spacial score (nSPS) is 11.2. The van der Waals surface area contributed by atoms with Crippen LogP contribution in [0.25, 0.3) is 0 Å². The Balaban J connectivity index is 1.59. The van der Waals surface area contributed by atoms with Crippen molar-refractivity contribution in [3.05, 3.63) is 77.5 Å². The number of nitrogens with one attached hydrogen (secondary N) is 1. The van der Waals surface area contributed by atoms with Crippen molar-refractivity contribution < 1.29 is 14.3 Å². The van der Waals surface area contributed by atoms with Crippen LogP contribution in [0.3, 0.4) is 0 Å². The number of hydrogen-bond acceptors (Lipinski definition) is 4. The SMILES string of the molecule is CC(C)(C)c1ccc(Cn2nccc2NC(=O)COc2cccc(C(N)=O)c2)cc1. The predicted molar refractivity (Wildman–Crippen MR) is 116 cm³/mol. The van der Waals surface area contributed by atoms with Gasteiger partial charge in [0.1, 0.15) is 11.6 Å². The third kappa shape index (κ3) is 5.47. The first-order valence-electron chi connectivity index (χ1n) is 9.66. The van der Waals surface area contributed by atoms with E-state index in [-0.39, 0.29) is 17.9 Å². The second-order valence-electron chi connectivity index (χ2n) is 8.05. The lowest BCUT2D eigenvalue weighted by Gasteiger charge is -2.19. The van der Waals surface area contributed by atoms with Gasteiger partial charge in [-0.25, -0.2) is 4.68 Å². The van der Waals surface area contributed by atoms with Gasteiger partial charge in [-0.15, -0.1) is 0 Å². The van der Waals surface area contributed by atoms with E-state index in [9.17, 15) is 9.59 Å². The Hall–Kier alpha value is -3.61. The fraction of sp³-hybridized carbons (Fsp3) is 0.261. The largest absolute Gasteiger partial charge is 0.484 e. The van der Waals surface area contributed by atoms with E-state index in [0.717, 1.165) is 5.56 Å². The first kappa shape index (κ1) is 21.1. The molecule has 3 rings (SSSR count). The maximum atomic E-state index is 12.3. The quantitative estimate of drug-likeness (QED) is 0.628. The second-order valence-corrected chi connectivity index (χ2v) is 8.05. The zero-order valence-electron chi connectivity index (χ0n) is 17.4. The van der Waals surface area contributed by atoms with E-state index in [1.165, 1.54) is 11.6 Å². The molecule has 3 N–H and O–H groups in total. The molecule has 156 valence electrons. The van der Waals surface area contributed by atoms with Crippen molar-refractivity contribution in [2.45, 2.75) is 32.7 Å². The average Bonchev–Trinajstić information content (AvgIpc) is 3.13. The number of benzene rings is 2. The Morgan fingerprint density at radius 3 is 2.50 bits per heavy atom. The van der Waals surface area contributed by atoms with E-state index in [4.69, 9.17) is 10.5 Å². The average molecular weight is 406 g/mol. The van der Waals surface area contributed by atoms with E-state index < -0.39 is 5.91 Å². The van der Waals surface area contributed by atoms with Gasteiger partial charge in [-0.2, -0.15) is 5.10 Å². The molecular formula is C23H26N4O3. The maximum absolute atomic E-state index is 12.3. The number of hydrogen-bond donors (Lipinski definition) is 2. The van der Waals surface area contributed by atoms with E-state index in [1.807, 2.05) is 0 Å². The van der Waals surface area contributed by atoms with Gasteiger partial charge in [0.2, 0.25) is 5.91 Å². The molecule has 0 saturated heterocycles. The van der Waals surface area contributed by atoms with E-state index >= 15 is 0 Å². The number of primary amides is 1. The molecule has 3 aromatic rings. The van der Waals surface area contributed by atoms with Crippen molar-refractivity contribution in [3.63, 3.8) is 0 Å². The van der Waals surface area contributed by atoms with Crippen LogP contribution >= 0.6 is 0 Å². The van der Waals surface area contributed by atoms with Crippen LogP contribution in [0.2, 0.25) is 0 Å². The number of anilines is 1. The van der Waals surface area contributed by atoms with Gasteiger partial charge in [0.15, 0.2) is 6.61 Å². The third-order valence-corrected chi connectivity index (χ3v) is 4.62. The second kappa shape index (κ2) is 8.82. The van der Waals surface area contributed by atoms with Crippen molar-refractivity contribution in [2.24, 2.45) is 5.73 Å². The van der Waals surface area contributed by atoms with Crippen LogP contribution < -0.4 is 15.8 Å². The summed E-state index contributed by atoms with van der Waals surface area (Å²) < 4.78 is 7.18. The fourth-order valence-electron chi connectivity index (χ4n) is 2.91. The monoisotopic (exact) mass is 406 g/mol. The van der Waals surface area contributed by atoms with Crippen molar-refractivity contribution in [1.82, 2.24) is 9.78 Å². The lowest BCUT2D eigenvalue weighted by atomic mass is 9.87. The fourth-order valence-corrected chi connectivity index (χ4v) is 2.91. The lowest BCUT2D eigenvalue weighted by Crippen LogP contribution is -2.22. The predicted octanol–water partition coefficient (Wildman–Crippen LogP) is 3.35. The molecule has 7 nitrogen and oxygen atoms in total. The van der Waals surface area contributed by atoms with Crippen LogP contribution in [0.1, 0.15) is 42.3 Å². The molecule has 0 atom stereocenters. The van der Waals surface area contributed by atoms with Crippen molar-refractivity contribution in [2.75, 3.05) is 11.9 Å². The molecule has 1 heterocycles. The van der Waals surface area contributed by atoms with Gasteiger partial charge in [-0.05, 0) is 34.7 Å². The van der Waals surface area contributed by atoms with Gasteiger partial charge in [-0.1, -0.05) is 51.1 Å². The van der Waals surface area contributed by atoms with Gasteiger partial charge in [0, 0.05) is 11.6 Å². The minimum Gasteiger partial charge on any atom is -0.484 e. The molecule has 0 aliphatic rings. The highest BCUT2D eigenvalue weighted by Gasteiger charge is 2.14. The van der Waals surface area contributed by atoms with Gasteiger partial charge < -0.3 is 15.8 Å². The summed E-state index contributed by atoms with van der Waals surface area (Å²) in [5.74, 6) is 0.0944. The minimum absolute atomic E-state index is 0.0975. The third-order valence-electron chi connectivity index (χ3n) is 4.62. The molecule has 0 aliphatic carbocycles. The number of rotatable bonds is 7. The number of nitrogens with two attached hydrogens (primary N) is 1. The lowest BCUT2D eigenvalue weighted by molar-refractivity contribution is -0.118. The van der Waals surface area contributed by atoms with E-state index in [0.29, 0.717) is 23.7 Å². The van der Waals surface area contributed by atoms with Crippen LogP contribution in [-0.4, -0.2) is 28.2 Å². The Labute approximate surface area is 175 Å². The molecular weight excluding hydrogens is 380 g/mol. The summed E-state index contributed by atoms with van der Waals surface area (Å²) in [7, 11) is 0. The summed E-state index contributed by atoms with van der Waals surface area (Å²) in [5.41, 5.74) is 8.02. The van der Waals surface area contributed by atoms with Crippen LogP contribution in [0, 0.1) is 0 Å². The molecule has 30 heavy (non-hydrogen) atoms. The van der Waals surface area contributed by atoms with Crippen molar-refractivity contribution in [1.29, 1.82) is 0 Å². The zero-order valence-corrected chi connectivity index (χ0v) is 17.4. The summed E-state index contributed by atoms with van der Waals surface area (Å²) in [6.07, 6.45) is 1.64. The molecule has 0 aliphatic heterocycles. The standard InChI is InChI=1S/C23H26N4O3/c1-23(2,3)18-9-7-16(8-10-18)14-27-20(11-12-25-27)26-21(28)15-30-19-6-4-5-17(13-19)22(24)29/h4-13H,14-15H2,1-3H3,(H2,24,29)(H,26,28). The van der Waals surface area contributed by atoms with Crippen LogP contribution in [0.15, 0.2) is 60.8 Å². The molecule has 7 heteroatoms. The van der Waals surface area contributed by atoms with Gasteiger partial charge >= 0.3 is 0 Å². The minimum atomic E-state index is -0.552. The Bertz CT molecular complexity index is 1030. The number of ether oxygens (including phenoxy) is 1. The summed E-state index contributed by atoms with van der Waals surface area (Å²) in [5, 5.41) is 7.09. The van der Waals surface area contributed by atoms with Crippen LogP contribution in [0.4, 0.5) is 5.82 Å². The topological polar surface area (TPSA) is 99.2 Å². The van der Waals surface area contributed by atoms with E-state index in [1.54, 1.807) is 35.1 Å². The molecule has 0 fully saturated rings. The first-order valence-corrected chi connectivity index (χ1v) is 9.66. The van der Waals surface area contributed by atoms with Gasteiger partial charge in [0.25, 0.3) is 5.91 Å². The number of aromatic nitrogens is 2. The summed E-state index contributed by atoms with van der Waals surface area (Å²) in [6.45, 7) is 6.86. The number of carbonyl (C=O) groups excluding carboxylic acids is 2. The number of amides is 2. The molecule has 0 bridgehead atoms. The van der Waals surface area contributed by atoms with E-state index in [2.05, 4.69) is 55.5 Å². The first-order chi connectivity index (χ1) is 14.2. The Morgan fingerprint density at radius 1 is 1.10 bits per heavy atom. The summed E-state index contributed by atoms with van der Waals surface area (Å²) >= 11 is 0. The smallest absolute Gasteiger partial charge is 0.263 e. The Morgan fingerprint density at radius 2 is 1.83 bits per heavy atom. The van der Waals surface area contributed by atoms with Gasteiger partial charge in [-0.3, -0.25) is 9.59 Å². The molecule has 0 saturated carbocycles. The highest BCUT2D eigenvalue weighted by atomic mass is 16.5. The zero-order chi connectivity index (χ0) is 21.7. The molecule has 2 amide bonds. The maximum Gasteiger partial charge on any atom is 0.263 e. The molecule has 0 spiro atoms. The van der Waals surface area contributed by atoms with Crippen LogP contribution in [-0.2, 0) is 16.8 Å². The molecule has 1 aromatic heterocycles. The van der Waals surface area contributed by atoms with Crippen molar-refractivity contribution >= 4 is 17.6 Å². The number of carbonyl (C=O) groups is 2. The highest BCUT2D eigenvalue weighted by Crippen LogP contribution is 2.22. The number of nitrogens with zero attached hydrogens (tertiary/aromatic N) is 2. The van der Waals surface area contributed by atoms with Gasteiger partial charge in [0.05, 0.1) is 12.7 Å². The summed E-state index contributed by atoms with van der Waals surface area (Å²) in [6, 6.07) is 16.5. The Kier molecular flexibility index (Phi) is 6.20. The summed E-state index contributed by atoms with van der Waals surface area (Å²) in [4.78, 5) is 23.5. The molecule has 0 radical (unpaired) electrons. The molecule has 2 aromatic carbocycles. The van der Waals surface area contributed by atoms with Crippen molar-refractivity contribution in [3.8, 4) is 5.75 Å². The molecule has 0 unspecified atom stereocenters. The van der Waals surface area contributed by atoms with Crippen LogP contribution in [0.5, 0.6) is 5.75 Å².